The van der Waals surface area contributed by atoms with Gasteiger partial charge in [-0.15, -0.1) is 0 Å². The molecule has 1 heterocycles. The number of hydrogen-bond acceptors (Lipinski definition) is 2. The third-order valence-corrected chi connectivity index (χ3v) is 2.94. The third kappa shape index (κ3) is 2.36. The lowest BCUT2D eigenvalue weighted by Gasteiger charge is -2.06. The van der Waals surface area contributed by atoms with Crippen LogP contribution in [-0.4, -0.2) is 9.78 Å². The lowest BCUT2D eigenvalue weighted by Crippen LogP contribution is -2.20. The van der Waals surface area contributed by atoms with Crippen molar-refractivity contribution in [3.63, 3.8) is 0 Å². The van der Waals surface area contributed by atoms with Crippen molar-refractivity contribution in [2.75, 3.05) is 0 Å². The fourth-order valence-electron chi connectivity index (χ4n) is 1.94. The molecule has 1 aromatic heterocycles. The van der Waals surface area contributed by atoms with Crippen LogP contribution in [0.2, 0.25) is 0 Å². The number of benzene rings is 2. The molecule has 4 heteroatoms. The maximum atomic E-state index is 12.9. The van der Waals surface area contributed by atoms with E-state index in [1.807, 2.05) is 30.3 Å². The summed E-state index contributed by atoms with van der Waals surface area (Å²) < 4.78 is 14.3. The molecule has 0 aliphatic heterocycles. The number of halogens is 1. The molecule has 0 bridgehead atoms. The molecule has 0 aliphatic rings. The maximum Gasteiger partial charge on any atom is 0.271 e. The van der Waals surface area contributed by atoms with Crippen LogP contribution in [0.15, 0.2) is 71.5 Å². The number of rotatable bonds is 2. The minimum absolute atomic E-state index is 0.206. The van der Waals surface area contributed by atoms with Crippen molar-refractivity contribution < 1.29 is 4.39 Å². The van der Waals surface area contributed by atoms with Gasteiger partial charge in [-0.2, -0.15) is 9.78 Å². The molecule has 0 saturated heterocycles. The molecule has 0 spiro atoms. The standard InChI is InChI=1S/C16H11FN2O/c17-13-8-6-12(7-9-13)15-10-11-16(20)19(18-15)14-4-2-1-3-5-14/h1-11H. The number of nitrogens with zero attached hydrogens (tertiary/aromatic N) is 2. The van der Waals surface area contributed by atoms with Crippen LogP contribution in [0.25, 0.3) is 16.9 Å². The van der Waals surface area contributed by atoms with Crippen molar-refractivity contribution in [2.24, 2.45) is 0 Å². The van der Waals surface area contributed by atoms with E-state index in [0.29, 0.717) is 11.4 Å². The van der Waals surface area contributed by atoms with Crippen LogP contribution in [0, 0.1) is 5.82 Å². The second kappa shape index (κ2) is 5.09. The molecule has 0 atom stereocenters. The van der Waals surface area contributed by atoms with Crippen LogP contribution in [-0.2, 0) is 0 Å². The third-order valence-electron chi connectivity index (χ3n) is 2.94. The molecule has 2 aromatic carbocycles. The molecule has 3 aromatic rings. The first-order chi connectivity index (χ1) is 9.74. The zero-order chi connectivity index (χ0) is 13.9. The molecule has 0 unspecified atom stereocenters. The molecule has 0 aliphatic carbocycles. The van der Waals surface area contributed by atoms with Crippen molar-refractivity contribution in [1.29, 1.82) is 0 Å². The Kier molecular flexibility index (Phi) is 3.13. The van der Waals surface area contributed by atoms with Crippen LogP contribution in [0.5, 0.6) is 0 Å². The molecule has 0 amide bonds. The zero-order valence-electron chi connectivity index (χ0n) is 10.5. The molecule has 20 heavy (non-hydrogen) atoms. The summed E-state index contributed by atoms with van der Waals surface area (Å²) in [5, 5.41) is 4.32. The Hall–Kier alpha value is -2.75. The summed E-state index contributed by atoms with van der Waals surface area (Å²) in [6.07, 6.45) is 0. The fraction of sp³-hybridized carbons (Fsp3) is 0. The highest BCUT2D eigenvalue weighted by Crippen LogP contribution is 2.16. The van der Waals surface area contributed by atoms with E-state index in [-0.39, 0.29) is 11.4 Å². The van der Waals surface area contributed by atoms with Gasteiger partial charge in [0.2, 0.25) is 0 Å². The van der Waals surface area contributed by atoms with Gasteiger partial charge in [0.1, 0.15) is 5.82 Å². The van der Waals surface area contributed by atoms with Gasteiger partial charge in [0.05, 0.1) is 11.4 Å². The summed E-state index contributed by atoms with van der Waals surface area (Å²) in [5.74, 6) is -0.301. The summed E-state index contributed by atoms with van der Waals surface area (Å²) in [6, 6.07) is 18.3. The second-order valence-electron chi connectivity index (χ2n) is 4.31. The van der Waals surface area contributed by atoms with Gasteiger partial charge in [-0.25, -0.2) is 4.39 Å². The SMILES string of the molecule is O=c1ccc(-c2ccc(F)cc2)nn1-c1ccccc1. The van der Waals surface area contributed by atoms with Crippen molar-refractivity contribution in [3.05, 3.63) is 82.9 Å². The second-order valence-corrected chi connectivity index (χ2v) is 4.31. The van der Waals surface area contributed by atoms with E-state index in [0.717, 1.165) is 5.56 Å². The van der Waals surface area contributed by atoms with Gasteiger partial charge in [-0.1, -0.05) is 18.2 Å². The van der Waals surface area contributed by atoms with E-state index in [4.69, 9.17) is 0 Å². The summed E-state index contributed by atoms with van der Waals surface area (Å²) in [6.45, 7) is 0. The van der Waals surface area contributed by atoms with Crippen LogP contribution >= 0.6 is 0 Å². The van der Waals surface area contributed by atoms with Crippen LogP contribution in [0.4, 0.5) is 4.39 Å². The van der Waals surface area contributed by atoms with Gasteiger partial charge in [0.25, 0.3) is 5.56 Å². The Morgan fingerprint density at radius 3 is 2.25 bits per heavy atom. The van der Waals surface area contributed by atoms with Gasteiger partial charge in [-0.05, 0) is 42.5 Å². The maximum absolute atomic E-state index is 12.9. The normalized spacial score (nSPS) is 10.4. The average molecular weight is 266 g/mol. The van der Waals surface area contributed by atoms with E-state index >= 15 is 0 Å². The van der Waals surface area contributed by atoms with Gasteiger partial charge in [-0.3, -0.25) is 4.79 Å². The number of aromatic nitrogens is 2. The average Bonchev–Trinajstić information content (AvgIpc) is 2.50. The lowest BCUT2D eigenvalue weighted by atomic mass is 10.1. The van der Waals surface area contributed by atoms with Gasteiger partial charge < -0.3 is 0 Å². The van der Waals surface area contributed by atoms with Gasteiger partial charge >= 0.3 is 0 Å². The quantitative estimate of drug-likeness (QED) is 0.714. The predicted molar refractivity (Wildman–Crippen MR) is 75.2 cm³/mol. The van der Waals surface area contributed by atoms with E-state index in [2.05, 4.69) is 5.10 Å². The fourth-order valence-corrected chi connectivity index (χ4v) is 1.94. The van der Waals surface area contributed by atoms with Crippen molar-refractivity contribution in [3.8, 4) is 16.9 Å². The topological polar surface area (TPSA) is 34.9 Å². The van der Waals surface area contributed by atoms with Crippen LogP contribution in [0.3, 0.4) is 0 Å². The minimum Gasteiger partial charge on any atom is -0.267 e. The van der Waals surface area contributed by atoms with Crippen LogP contribution < -0.4 is 5.56 Å². The van der Waals surface area contributed by atoms with Crippen molar-refractivity contribution >= 4 is 0 Å². The highest BCUT2D eigenvalue weighted by molar-refractivity contribution is 5.58. The van der Waals surface area contributed by atoms with Crippen LogP contribution in [0.1, 0.15) is 0 Å². The van der Waals surface area contributed by atoms with E-state index < -0.39 is 0 Å². The van der Waals surface area contributed by atoms with E-state index in [9.17, 15) is 9.18 Å². The van der Waals surface area contributed by atoms with Crippen molar-refractivity contribution in [2.45, 2.75) is 0 Å². The molecular weight excluding hydrogens is 255 g/mol. The van der Waals surface area contributed by atoms with Crippen molar-refractivity contribution in [1.82, 2.24) is 9.78 Å². The summed E-state index contributed by atoms with van der Waals surface area (Å²) in [7, 11) is 0. The van der Waals surface area contributed by atoms with E-state index in [1.54, 1.807) is 18.2 Å². The first kappa shape index (κ1) is 12.3. The Morgan fingerprint density at radius 2 is 1.55 bits per heavy atom. The monoisotopic (exact) mass is 266 g/mol. The Balaban J connectivity index is 2.12. The zero-order valence-corrected chi connectivity index (χ0v) is 10.5. The first-order valence-electron chi connectivity index (χ1n) is 6.16. The molecule has 0 N–H and O–H groups in total. The molecular formula is C16H11FN2O. The number of para-hydroxylation sites is 1. The largest absolute Gasteiger partial charge is 0.271 e. The summed E-state index contributed by atoms with van der Waals surface area (Å²) >= 11 is 0. The van der Waals surface area contributed by atoms with E-state index in [1.165, 1.54) is 22.9 Å². The Bertz CT molecular complexity index is 780. The van der Waals surface area contributed by atoms with Gasteiger partial charge in [0, 0.05) is 11.6 Å². The molecule has 0 radical (unpaired) electrons. The highest BCUT2D eigenvalue weighted by atomic mass is 19.1. The predicted octanol–water partition coefficient (Wildman–Crippen LogP) is 3.04. The summed E-state index contributed by atoms with van der Waals surface area (Å²) in [4.78, 5) is 11.9. The van der Waals surface area contributed by atoms with Gasteiger partial charge in [0.15, 0.2) is 0 Å². The molecule has 3 nitrogen and oxygen atoms in total. The molecule has 98 valence electrons. The molecule has 0 saturated carbocycles. The Morgan fingerprint density at radius 1 is 0.850 bits per heavy atom. The first-order valence-corrected chi connectivity index (χ1v) is 6.16. The Labute approximate surface area is 114 Å². The minimum atomic E-state index is -0.301. The number of hydrogen-bond donors (Lipinski definition) is 0. The highest BCUT2D eigenvalue weighted by Gasteiger charge is 2.05. The summed E-state index contributed by atoms with van der Waals surface area (Å²) in [5.41, 5.74) is 1.87. The molecule has 0 fully saturated rings. The lowest BCUT2D eigenvalue weighted by molar-refractivity contribution is 0.628. The molecule has 3 rings (SSSR count). The smallest absolute Gasteiger partial charge is 0.267 e.